The normalized spacial score (nSPS) is 26.6. The van der Waals surface area contributed by atoms with Gasteiger partial charge in [0.2, 0.25) is 0 Å². The molecule has 1 aromatic carbocycles. The van der Waals surface area contributed by atoms with E-state index in [1.165, 1.54) is 5.69 Å². The first-order valence-electron chi connectivity index (χ1n) is 9.12. The van der Waals surface area contributed by atoms with E-state index < -0.39 is 0 Å². The topological polar surface area (TPSA) is 54.0 Å². The Kier molecular flexibility index (Phi) is 5.68. The predicted octanol–water partition coefficient (Wildman–Crippen LogP) is 2.34. The number of rotatable bonds is 4. The van der Waals surface area contributed by atoms with Crippen molar-refractivity contribution in [3.63, 3.8) is 0 Å². The maximum absolute atomic E-state index is 12.4. The molecule has 0 aromatic heterocycles. The van der Waals surface area contributed by atoms with E-state index in [4.69, 9.17) is 9.47 Å². The number of hydrogen-bond acceptors (Lipinski definition) is 4. The minimum atomic E-state index is 0.0295. The number of morpholine rings is 1. The standard InChI is InChI=1S/C19H29N3O3/c1-14-11-22(12-15(2)25-14)19(23)20-10-16-7-8-21(13-16)17-5-4-6-18(9-17)24-3/h4-6,9,14-16H,7-8,10-13H2,1-3H3,(H,20,23)/t14-,15+,16-/m1/s1. The van der Waals surface area contributed by atoms with Gasteiger partial charge >= 0.3 is 6.03 Å². The molecule has 0 radical (unpaired) electrons. The third kappa shape index (κ3) is 4.57. The maximum Gasteiger partial charge on any atom is 0.317 e. The van der Waals surface area contributed by atoms with E-state index in [0.29, 0.717) is 19.0 Å². The largest absolute Gasteiger partial charge is 0.497 e. The number of hydrogen-bond donors (Lipinski definition) is 1. The summed E-state index contributed by atoms with van der Waals surface area (Å²) < 4.78 is 11.0. The van der Waals surface area contributed by atoms with Crippen molar-refractivity contribution in [2.24, 2.45) is 5.92 Å². The minimum Gasteiger partial charge on any atom is -0.497 e. The Morgan fingerprint density at radius 2 is 2.04 bits per heavy atom. The summed E-state index contributed by atoms with van der Waals surface area (Å²) in [4.78, 5) is 16.6. The molecule has 2 saturated heterocycles. The summed E-state index contributed by atoms with van der Waals surface area (Å²) in [6.45, 7) is 8.05. The van der Waals surface area contributed by atoms with Crippen LogP contribution in [-0.2, 0) is 4.74 Å². The molecule has 3 rings (SSSR count). The lowest BCUT2D eigenvalue weighted by Gasteiger charge is -2.35. The monoisotopic (exact) mass is 347 g/mol. The quantitative estimate of drug-likeness (QED) is 0.908. The van der Waals surface area contributed by atoms with Crippen LogP contribution in [0.4, 0.5) is 10.5 Å². The van der Waals surface area contributed by atoms with Gasteiger partial charge in [-0.15, -0.1) is 0 Å². The van der Waals surface area contributed by atoms with Crippen LogP contribution in [0.2, 0.25) is 0 Å². The Balaban J connectivity index is 1.47. The van der Waals surface area contributed by atoms with Gasteiger partial charge in [-0.3, -0.25) is 0 Å². The van der Waals surface area contributed by atoms with Gasteiger partial charge in [0.25, 0.3) is 0 Å². The number of amides is 2. The first kappa shape index (κ1) is 17.9. The molecule has 138 valence electrons. The van der Waals surface area contributed by atoms with Gasteiger partial charge < -0.3 is 24.6 Å². The Morgan fingerprint density at radius 1 is 1.28 bits per heavy atom. The molecule has 0 unspecified atom stereocenters. The molecule has 2 fully saturated rings. The van der Waals surface area contributed by atoms with Crippen LogP contribution in [0.3, 0.4) is 0 Å². The highest BCUT2D eigenvalue weighted by Crippen LogP contribution is 2.26. The van der Waals surface area contributed by atoms with Gasteiger partial charge in [0, 0.05) is 44.5 Å². The molecule has 2 aliphatic heterocycles. The summed E-state index contributed by atoms with van der Waals surface area (Å²) >= 11 is 0. The lowest BCUT2D eigenvalue weighted by molar-refractivity contribution is -0.0545. The van der Waals surface area contributed by atoms with Gasteiger partial charge in [-0.05, 0) is 38.3 Å². The zero-order chi connectivity index (χ0) is 17.8. The fraction of sp³-hybridized carbons (Fsp3) is 0.632. The van der Waals surface area contributed by atoms with Crippen LogP contribution >= 0.6 is 0 Å². The molecular formula is C19H29N3O3. The highest BCUT2D eigenvalue weighted by atomic mass is 16.5. The van der Waals surface area contributed by atoms with E-state index in [2.05, 4.69) is 22.3 Å². The smallest absolute Gasteiger partial charge is 0.317 e. The number of urea groups is 1. The van der Waals surface area contributed by atoms with E-state index in [1.807, 2.05) is 30.9 Å². The molecule has 2 aliphatic rings. The summed E-state index contributed by atoms with van der Waals surface area (Å²) in [5.41, 5.74) is 1.18. The Bertz CT molecular complexity index is 585. The van der Waals surface area contributed by atoms with Crippen molar-refractivity contribution in [2.75, 3.05) is 44.7 Å². The lowest BCUT2D eigenvalue weighted by atomic mass is 10.1. The highest BCUT2D eigenvalue weighted by Gasteiger charge is 2.27. The Hall–Kier alpha value is -1.95. The third-order valence-electron chi connectivity index (χ3n) is 4.95. The maximum atomic E-state index is 12.4. The molecular weight excluding hydrogens is 318 g/mol. The van der Waals surface area contributed by atoms with Crippen molar-refractivity contribution >= 4 is 11.7 Å². The number of ether oxygens (including phenoxy) is 2. The van der Waals surface area contributed by atoms with Crippen LogP contribution in [0.5, 0.6) is 5.75 Å². The molecule has 0 saturated carbocycles. The number of nitrogens with one attached hydrogen (secondary N) is 1. The fourth-order valence-corrected chi connectivity index (χ4v) is 3.73. The van der Waals surface area contributed by atoms with Crippen LogP contribution in [0, 0.1) is 5.92 Å². The summed E-state index contributed by atoms with van der Waals surface area (Å²) in [6.07, 6.45) is 1.29. The molecule has 1 N–H and O–H groups in total. The van der Waals surface area contributed by atoms with E-state index in [-0.39, 0.29) is 18.2 Å². The molecule has 25 heavy (non-hydrogen) atoms. The van der Waals surface area contributed by atoms with Crippen molar-refractivity contribution in [1.29, 1.82) is 0 Å². The van der Waals surface area contributed by atoms with Crippen LogP contribution in [0.15, 0.2) is 24.3 Å². The first-order valence-corrected chi connectivity index (χ1v) is 9.12. The van der Waals surface area contributed by atoms with Crippen LogP contribution in [-0.4, -0.2) is 63.0 Å². The number of carbonyl (C=O) groups excluding carboxylic acids is 1. The van der Waals surface area contributed by atoms with Crippen LogP contribution < -0.4 is 15.0 Å². The third-order valence-corrected chi connectivity index (χ3v) is 4.95. The number of anilines is 1. The van der Waals surface area contributed by atoms with Gasteiger partial charge in [-0.2, -0.15) is 0 Å². The van der Waals surface area contributed by atoms with Crippen molar-refractivity contribution < 1.29 is 14.3 Å². The average molecular weight is 347 g/mol. The van der Waals surface area contributed by atoms with Crippen molar-refractivity contribution in [2.45, 2.75) is 32.5 Å². The second kappa shape index (κ2) is 7.95. The Morgan fingerprint density at radius 3 is 2.76 bits per heavy atom. The second-order valence-corrected chi connectivity index (χ2v) is 7.15. The van der Waals surface area contributed by atoms with Gasteiger partial charge in [-0.25, -0.2) is 4.79 Å². The fourth-order valence-electron chi connectivity index (χ4n) is 3.73. The van der Waals surface area contributed by atoms with E-state index in [9.17, 15) is 4.79 Å². The van der Waals surface area contributed by atoms with Crippen molar-refractivity contribution in [3.8, 4) is 5.75 Å². The van der Waals surface area contributed by atoms with Gasteiger partial charge in [-0.1, -0.05) is 6.07 Å². The SMILES string of the molecule is COc1cccc(N2CC[C@H](CNC(=O)N3C[C@@H](C)O[C@@H](C)C3)C2)c1. The average Bonchev–Trinajstić information content (AvgIpc) is 3.08. The lowest BCUT2D eigenvalue weighted by Crippen LogP contribution is -2.52. The van der Waals surface area contributed by atoms with Crippen molar-refractivity contribution in [1.82, 2.24) is 10.2 Å². The van der Waals surface area contributed by atoms with E-state index >= 15 is 0 Å². The summed E-state index contributed by atoms with van der Waals surface area (Å²) in [5, 5.41) is 3.11. The van der Waals surface area contributed by atoms with Crippen LogP contribution in [0.25, 0.3) is 0 Å². The molecule has 1 aromatic rings. The van der Waals surface area contributed by atoms with Crippen molar-refractivity contribution in [3.05, 3.63) is 24.3 Å². The van der Waals surface area contributed by atoms with Gasteiger partial charge in [0.15, 0.2) is 0 Å². The van der Waals surface area contributed by atoms with Gasteiger partial charge in [0.05, 0.1) is 19.3 Å². The second-order valence-electron chi connectivity index (χ2n) is 7.15. The zero-order valence-electron chi connectivity index (χ0n) is 15.4. The summed E-state index contributed by atoms with van der Waals surface area (Å²) in [5.74, 6) is 1.36. The molecule has 0 bridgehead atoms. The number of methoxy groups -OCH3 is 1. The molecule has 6 heteroatoms. The molecule has 2 amide bonds. The number of benzene rings is 1. The van der Waals surface area contributed by atoms with E-state index in [1.54, 1.807) is 7.11 Å². The molecule has 2 heterocycles. The zero-order valence-corrected chi connectivity index (χ0v) is 15.4. The number of nitrogens with zero attached hydrogens (tertiary/aromatic N) is 2. The molecule has 0 spiro atoms. The summed E-state index contributed by atoms with van der Waals surface area (Å²) in [6, 6.07) is 8.19. The highest BCUT2D eigenvalue weighted by molar-refractivity contribution is 5.74. The molecule has 6 nitrogen and oxygen atoms in total. The first-order chi connectivity index (χ1) is 12.0. The number of carbonyl (C=O) groups is 1. The minimum absolute atomic E-state index is 0.0295. The Labute approximate surface area is 150 Å². The molecule has 3 atom stereocenters. The predicted molar refractivity (Wildman–Crippen MR) is 98.3 cm³/mol. The van der Waals surface area contributed by atoms with Gasteiger partial charge in [0.1, 0.15) is 5.75 Å². The molecule has 0 aliphatic carbocycles. The summed E-state index contributed by atoms with van der Waals surface area (Å²) in [7, 11) is 1.69. The van der Waals surface area contributed by atoms with Crippen LogP contribution in [0.1, 0.15) is 20.3 Å². The van der Waals surface area contributed by atoms with E-state index in [0.717, 1.165) is 31.8 Å².